The number of nitrogens with zero attached hydrogens (tertiary/aromatic N) is 1. The molecule has 3 heteroatoms. The van der Waals surface area contributed by atoms with Gasteiger partial charge in [-0.2, -0.15) is 0 Å². The minimum absolute atomic E-state index is 0.205. The lowest BCUT2D eigenvalue weighted by Gasteiger charge is -2.29. The van der Waals surface area contributed by atoms with Crippen LogP contribution in [0.3, 0.4) is 0 Å². The quantitative estimate of drug-likeness (QED) is 0.875. The van der Waals surface area contributed by atoms with E-state index in [-0.39, 0.29) is 6.04 Å². The molecule has 1 aliphatic carbocycles. The summed E-state index contributed by atoms with van der Waals surface area (Å²) < 4.78 is 0. The first-order chi connectivity index (χ1) is 10.2. The highest BCUT2D eigenvalue weighted by atomic mass is 15.1. The third kappa shape index (κ3) is 3.65. The van der Waals surface area contributed by atoms with Crippen LogP contribution in [0.2, 0.25) is 0 Å². The first-order valence-corrected chi connectivity index (χ1v) is 8.54. The number of piperidine rings is 1. The van der Waals surface area contributed by atoms with Crippen molar-refractivity contribution in [2.45, 2.75) is 44.7 Å². The Kier molecular flexibility index (Phi) is 4.94. The molecule has 0 spiro atoms. The summed E-state index contributed by atoms with van der Waals surface area (Å²) in [6, 6.07) is 9.28. The predicted molar refractivity (Wildman–Crippen MR) is 88.2 cm³/mol. The van der Waals surface area contributed by atoms with Gasteiger partial charge in [0, 0.05) is 18.6 Å². The van der Waals surface area contributed by atoms with Crippen LogP contribution in [0.4, 0.5) is 0 Å². The third-order valence-electron chi connectivity index (χ3n) is 4.99. The van der Waals surface area contributed by atoms with Gasteiger partial charge in [-0.25, -0.2) is 0 Å². The zero-order valence-electron chi connectivity index (χ0n) is 13.2. The topological polar surface area (TPSA) is 41.3 Å². The zero-order chi connectivity index (χ0) is 14.7. The second-order valence-electron chi connectivity index (χ2n) is 6.90. The molecule has 21 heavy (non-hydrogen) atoms. The van der Waals surface area contributed by atoms with Crippen LogP contribution in [-0.4, -0.2) is 31.1 Å². The molecule has 3 unspecified atom stereocenters. The second kappa shape index (κ2) is 6.91. The molecule has 0 saturated carbocycles. The lowest BCUT2D eigenvalue weighted by molar-refractivity contribution is 0.197. The van der Waals surface area contributed by atoms with Gasteiger partial charge in [-0.1, -0.05) is 37.6 Å². The number of rotatable bonds is 5. The average Bonchev–Trinajstić information content (AvgIpc) is 2.83. The molecule has 1 heterocycles. The molecule has 0 aromatic heterocycles. The van der Waals surface area contributed by atoms with E-state index in [1.54, 1.807) is 0 Å². The van der Waals surface area contributed by atoms with Gasteiger partial charge < -0.3 is 16.0 Å². The molecule has 1 fully saturated rings. The van der Waals surface area contributed by atoms with Crippen LogP contribution >= 0.6 is 0 Å². The van der Waals surface area contributed by atoms with E-state index in [9.17, 15) is 0 Å². The van der Waals surface area contributed by atoms with Gasteiger partial charge in [0.15, 0.2) is 0 Å². The molecule has 116 valence electrons. The fourth-order valence-corrected chi connectivity index (χ4v) is 3.86. The van der Waals surface area contributed by atoms with Crippen LogP contribution in [0.25, 0.3) is 0 Å². The van der Waals surface area contributed by atoms with E-state index < -0.39 is 0 Å². The Labute approximate surface area is 128 Å². The highest BCUT2D eigenvalue weighted by molar-refractivity contribution is 5.37. The molecule has 1 saturated heterocycles. The first-order valence-electron chi connectivity index (χ1n) is 8.54. The summed E-state index contributed by atoms with van der Waals surface area (Å²) >= 11 is 0. The van der Waals surface area contributed by atoms with Crippen molar-refractivity contribution in [2.24, 2.45) is 11.7 Å². The zero-order valence-corrected chi connectivity index (χ0v) is 13.2. The molecule has 3 nitrogen and oxygen atoms in total. The van der Waals surface area contributed by atoms with Crippen LogP contribution in [-0.2, 0) is 0 Å². The molecular formula is C18H29N3. The predicted octanol–water partition coefficient (Wildman–Crippen LogP) is 2.84. The van der Waals surface area contributed by atoms with Crippen molar-refractivity contribution in [3.8, 4) is 0 Å². The number of likely N-dealkylation sites (tertiary alicyclic amines) is 1. The molecule has 3 atom stereocenters. The molecule has 1 aromatic rings. The van der Waals surface area contributed by atoms with Crippen molar-refractivity contribution in [3.63, 3.8) is 0 Å². The average molecular weight is 287 g/mol. The maximum atomic E-state index is 6.24. The van der Waals surface area contributed by atoms with Crippen molar-refractivity contribution in [1.29, 1.82) is 0 Å². The van der Waals surface area contributed by atoms with Crippen LogP contribution in [0.15, 0.2) is 24.3 Å². The Hall–Kier alpha value is -0.900. The van der Waals surface area contributed by atoms with E-state index in [0.717, 1.165) is 13.0 Å². The Morgan fingerprint density at radius 1 is 1.19 bits per heavy atom. The summed E-state index contributed by atoms with van der Waals surface area (Å²) in [4.78, 5) is 2.63. The van der Waals surface area contributed by atoms with Gasteiger partial charge >= 0.3 is 0 Å². The van der Waals surface area contributed by atoms with Crippen molar-refractivity contribution in [2.75, 3.05) is 26.2 Å². The van der Waals surface area contributed by atoms with E-state index in [2.05, 4.69) is 41.4 Å². The monoisotopic (exact) mass is 287 g/mol. The Morgan fingerprint density at radius 3 is 2.67 bits per heavy atom. The van der Waals surface area contributed by atoms with Gasteiger partial charge in [0.25, 0.3) is 0 Å². The molecular weight excluding hydrogens is 258 g/mol. The molecule has 1 aliphatic heterocycles. The lowest BCUT2D eigenvalue weighted by Crippen LogP contribution is -2.37. The molecule has 0 radical (unpaired) electrons. The highest BCUT2D eigenvalue weighted by Crippen LogP contribution is 2.36. The van der Waals surface area contributed by atoms with Crippen LogP contribution < -0.4 is 11.1 Å². The normalized spacial score (nSPS) is 27.5. The van der Waals surface area contributed by atoms with E-state index in [1.807, 2.05) is 0 Å². The second-order valence-corrected chi connectivity index (χ2v) is 6.90. The smallest absolute Gasteiger partial charge is 0.0341 e. The lowest BCUT2D eigenvalue weighted by atomic mass is 10.1. The van der Waals surface area contributed by atoms with E-state index in [1.165, 1.54) is 50.0 Å². The summed E-state index contributed by atoms with van der Waals surface area (Å²) in [5.41, 5.74) is 8.99. The molecule has 3 N–H and O–H groups in total. The van der Waals surface area contributed by atoms with Crippen LogP contribution in [0.1, 0.15) is 55.8 Å². The number of nitrogens with two attached hydrogens (primary N) is 1. The molecule has 2 aliphatic rings. The SMILES string of the molecule is CC(CNC1CC(N)c2ccccc21)CN1CCCCC1. The number of hydrogen-bond donors (Lipinski definition) is 2. The van der Waals surface area contributed by atoms with Gasteiger partial charge in [0.2, 0.25) is 0 Å². The number of hydrogen-bond acceptors (Lipinski definition) is 3. The van der Waals surface area contributed by atoms with Crippen LogP contribution in [0.5, 0.6) is 0 Å². The Bertz CT molecular complexity index is 454. The largest absolute Gasteiger partial charge is 0.324 e. The molecule has 1 aromatic carbocycles. The van der Waals surface area contributed by atoms with Crippen molar-refractivity contribution in [3.05, 3.63) is 35.4 Å². The van der Waals surface area contributed by atoms with E-state index in [0.29, 0.717) is 12.0 Å². The van der Waals surface area contributed by atoms with Crippen LogP contribution in [0, 0.1) is 5.92 Å². The van der Waals surface area contributed by atoms with Gasteiger partial charge in [-0.3, -0.25) is 0 Å². The molecule has 0 bridgehead atoms. The minimum Gasteiger partial charge on any atom is -0.324 e. The van der Waals surface area contributed by atoms with Gasteiger partial charge in [-0.15, -0.1) is 0 Å². The molecule has 0 amide bonds. The van der Waals surface area contributed by atoms with E-state index >= 15 is 0 Å². The van der Waals surface area contributed by atoms with Gasteiger partial charge in [0.05, 0.1) is 0 Å². The van der Waals surface area contributed by atoms with Gasteiger partial charge in [-0.05, 0) is 55.9 Å². The summed E-state index contributed by atoms with van der Waals surface area (Å²) in [7, 11) is 0. The number of fused-ring (bicyclic) bond motifs is 1. The third-order valence-corrected chi connectivity index (χ3v) is 4.99. The van der Waals surface area contributed by atoms with Crippen molar-refractivity contribution < 1.29 is 0 Å². The van der Waals surface area contributed by atoms with Crippen molar-refractivity contribution in [1.82, 2.24) is 10.2 Å². The highest BCUT2D eigenvalue weighted by Gasteiger charge is 2.28. The fourth-order valence-electron chi connectivity index (χ4n) is 3.86. The number of benzene rings is 1. The minimum atomic E-state index is 0.205. The summed E-state index contributed by atoms with van der Waals surface area (Å²) in [5, 5.41) is 3.75. The van der Waals surface area contributed by atoms with E-state index in [4.69, 9.17) is 5.73 Å². The Balaban J connectivity index is 1.49. The fraction of sp³-hybridized carbons (Fsp3) is 0.667. The van der Waals surface area contributed by atoms with Gasteiger partial charge in [0.1, 0.15) is 0 Å². The molecule has 3 rings (SSSR count). The maximum absolute atomic E-state index is 6.24. The maximum Gasteiger partial charge on any atom is 0.0341 e. The Morgan fingerprint density at radius 2 is 1.90 bits per heavy atom. The summed E-state index contributed by atoms with van der Waals surface area (Å²) in [6.45, 7) is 7.26. The number of nitrogens with one attached hydrogen (secondary N) is 1. The van der Waals surface area contributed by atoms with Crippen molar-refractivity contribution >= 4 is 0 Å². The first kappa shape index (κ1) is 15.0. The summed E-state index contributed by atoms with van der Waals surface area (Å²) in [6.07, 6.45) is 5.21. The summed E-state index contributed by atoms with van der Waals surface area (Å²) in [5.74, 6) is 0.701. The standard InChI is InChI=1S/C18H29N3/c1-14(13-21-9-5-2-6-10-21)12-20-18-11-17(19)15-7-3-4-8-16(15)18/h3-4,7-8,14,17-18,20H,2,5-6,9-13,19H2,1H3.